The van der Waals surface area contributed by atoms with Crippen LogP contribution in [0.15, 0.2) is 64.2 Å². The summed E-state index contributed by atoms with van der Waals surface area (Å²) in [5, 5.41) is 10.3. The molecular weight excluding hydrogens is 454 g/mol. The van der Waals surface area contributed by atoms with Gasteiger partial charge in [-0.25, -0.2) is 13.2 Å². The molecule has 1 amide bonds. The summed E-state index contributed by atoms with van der Waals surface area (Å²) in [6.07, 6.45) is -0.374. The molecule has 0 unspecified atom stereocenters. The molecule has 0 saturated carbocycles. The van der Waals surface area contributed by atoms with Crippen LogP contribution in [0.5, 0.6) is 0 Å². The van der Waals surface area contributed by atoms with Crippen molar-refractivity contribution in [3.05, 3.63) is 76.6 Å². The van der Waals surface area contributed by atoms with Gasteiger partial charge in [-0.15, -0.1) is 5.10 Å². The smallest absolute Gasteiger partial charge is 0.408 e. The molecular formula is C22H24ClN3O5S. The van der Waals surface area contributed by atoms with Crippen molar-refractivity contribution in [1.29, 1.82) is 0 Å². The van der Waals surface area contributed by atoms with Gasteiger partial charge >= 0.3 is 11.3 Å². The van der Waals surface area contributed by atoms with Crippen LogP contribution in [-0.2, 0) is 26.7 Å². The Bertz CT molecular complexity index is 1160. The fourth-order valence-electron chi connectivity index (χ4n) is 2.85. The SMILES string of the molecule is CC(C)(C)OC(=O)N[C@@H](Cc1ccccc1)c1nnc(S(=O)(=O)Cc2ccc(Cl)cc2)o1. The Kier molecular flexibility index (Phi) is 7.20. The average Bonchev–Trinajstić information content (AvgIpc) is 3.20. The van der Waals surface area contributed by atoms with Crippen LogP contribution in [0.2, 0.25) is 5.02 Å². The molecule has 32 heavy (non-hydrogen) atoms. The molecule has 1 N–H and O–H groups in total. The lowest BCUT2D eigenvalue weighted by molar-refractivity contribution is 0.0494. The van der Waals surface area contributed by atoms with Crippen molar-refractivity contribution in [3.8, 4) is 0 Å². The van der Waals surface area contributed by atoms with E-state index in [-0.39, 0.29) is 11.6 Å². The number of halogens is 1. The van der Waals surface area contributed by atoms with Crippen LogP contribution in [-0.4, -0.2) is 30.3 Å². The quantitative estimate of drug-likeness (QED) is 0.533. The highest BCUT2D eigenvalue weighted by atomic mass is 35.5. The first-order valence-electron chi connectivity index (χ1n) is 9.86. The van der Waals surface area contributed by atoms with Gasteiger partial charge in [0.15, 0.2) is 0 Å². The molecule has 1 aromatic heterocycles. The maximum absolute atomic E-state index is 12.7. The van der Waals surface area contributed by atoms with E-state index in [2.05, 4.69) is 15.5 Å². The summed E-state index contributed by atoms with van der Waals surface area (Å²) < 4.78 is 36.3. The summed E-state index contributed by atoms with van der Waals surface area (Å²) in [6, 6.07) is 15.0. The molecule has 0 aliphatic rings. The molecule has 170 valence electrons. The van der Waals surface area contributed by atoms with E-state index in [9.17, 15) is 13.2 Å². The zero-order valence-electron chi connectivity index (χ0n) is 17.9. The van der Waals surface area contributed by atoms with E-state index in [1.807, 2.05) is 30.3 Å². The molecule has 0 aliphatic carbocycles. The molecule has 1 atom stereocenters. The molecule has 3 aromatic rings. The lowest BCUT2D eigenvalue weighted by atomic mass is 10.1. The molecule has 1 heterocycles. The third kappa shape index (κ3) is 6.80. The van der Waals surface area contributed by atoms with Gasteiger partial charge in [0.05, 0.1) is 5.75 Å². The number of carbonyl (C=O) groups excluding carboxylic acids is 1. The fraction of sp³-hybridized carbons (Fsp3) is 0.318. The average molecular weight is 478 g/mol. The fourth-order valence-corrected chi connectivity index (χ4v) is 4.11. The first-order valence-corrected chi connectivity index (χ1v) is 11.9. The molecule has 2 aromatic carbocycles. The van der Waals surface area contributed by atoms with Crippen molar-refractivity contribution in [3.63, 3.8) is 0 Å². The Morgan fingerprint density at radius 2 is 1.72 bits per heavy atom. The molecule has 10 heteroatoms. The van der Waals surface area contributed by atoms with Gasteiger partial charge in [0, 0.05) is 11.4 Å². The number of aromatic nitrogens is 2. The summed E-state index contributed by atoms with van der Waals surface area (Å²) in [5.74, 6) is -0.358. The Labute approximate surface area is 191 Å². The lowest BCUT2D eigenvalue weighted by Crippen LogP contribution is -2.36. The van der Waals surface area contributed by atoms with Crippen molar-refractivity contribution in [2.24, 2.45) is 0 Å². The number of nitrogens with zero attached hydrogens (tertiary/aromatic N) is 2. The van der Waals surface area contributed by atoms with Crippen LogP contribution in [0, 0.1) is 0 Å². The monoisotopic (exact) mass is 477 g/mol. The maximum Gasteiger partial charge on any atom is 0.408 e. The summed E-state index contributed by atoms with van der Waals surface area (Å²) in [4.78, 5) is 12.4. The van der Waals surface area contributed by atoms with Crippen LogP contribution in [0.1, 0.15) is 43.8 Å². The van der Waals surface area contributed by atoms with Gasteiger partial charge in [0.2, 0.25) is 15.7 Å². The second-order valence-corrected chi connectivity index (χ2v) is 10.5. The molecule has 0 radical (unpaired) electrons. The van der Waals surface area contributed by atoms with Crippen molar-refractivity contribution in [1.82, 2.24) is 15.5 Å². The third-order valence-electron chi connectivity index (χ3n) is 4.23. The highest BCUT2D eigenvalue weighted by Crippen LogP contribution is 2.23. The number of alkyl carbamates (subject to hydrolysis) is 1. The largest absolute Gasteiger partial charge is 0.444 e. The summed E-state index contributed by atoms with van der Waals surface area (Å²) in [6.45, 7) is 5.23. The zero-order chi connectivity index (χ0) is 23.4. The molecule has 0 aliphatic heterocycles. The molecule has 3 rings (SSSR count). The van der Waals surface area contributed by atoms with Gasteiger partial charge in [-0.2, -0.15) is 0 Å². The first-order chi connectivity index (χ1) is 15.0. The van der Waals surface area contributed by atoms with E-state index in [1.54, 1.807) is 45.0 Å². The number of rotatable bonds is 7. The molecule has 0 bridgehead atoms. The van der Waals surface area contributed by atoms with E-state index in [4.69, 9.17) is 20.8 Å². The predicted octanol–water partition coefficient (Wildman–Crippen LogP) is 4.51. The van der Waals surface area contributed by atoms with Crippen LogP contribution in [0.25, 0.3) is 0 Å². The number of ether oxygens (including phenoxy) is 1. The number of benzene rings is 2. The Morgan fingerprint density at radius 1 is 1.06 bits per heavy atom. The van der Waals surface area contributed by atoms with Gasteiger partial charge in [-0.3, -0.25) is 0 Å². The van der Waals surface area contributed by atoms with E-state index < -0.39 is 32.8 Å². The van der Waals surface area contributed by atoms with E-state index >= 15 is 0 Å². The molecule has 0 fully saturated rings. The zero-order valence-corrected chi connectivity index (χ0v) is 19.5. The second kappa shape index (κ2) is 9.70. The first kappa shape index (κ1) is 23.7. The van der Waals surface area contributed by atoms with Crippen molar-refractivity contribution in [2.75, 3.05) is 0 Å². The number of hydrogen-bond donors (Lipinski definition) is 1. The highest BCUT2D eigenvalue weighted by Gasteiger charge is 2.28. The number of carbonyl (C=O) groups is 1. The van der Waals surface area contributed by atoms with Crippen LogP contribution in [0.4, 0.5) is 4.79 Å². The Hall–Kier alpha value is -2.91. The predicted molar refractivity (Wildman–Crippen MR) is 119 cm³/mol. The van der Waals surface area contributed by atoms with E-state index in [0.717, 1.165) is 5.56 Å². The van der Waals surface area contributed by atoms with Crippen molar-refractivity contribution >= 4 is 27.5 Å². The number of amides is 1. The topological polar surface area (TPSA) is 111 Å². The summed E-state index contributed by atoms with van der Waals surface area (Å²) in [7, 11) is -3.90. The number of hydrogen-bond acceptors (Lipinski definition) is 7. The molecule has 8 nitrogen and oxygen atoms in total. The summed E-state index contributed by atoms with van der Waals surface area (Å²) in [5.41, 5.74) is 0.711. The van der Waals surface area contributed by atoms with Crippen LogP contribution < -0.4 is 5.32 Å². The van der Waals surface area contributed by atoms with Gasteiger partial charge in [-0.05, 0) is 44.0 Å². The lowest BCUT2D eigenvalue weighted by Gasteiger charge is -2.22. The molecule has 0 spiro atoms. The number of sulfone groups is 1. The van der Waals surface area contributed by atoms with Gasteiger partial charge in [-0.1, -0.05) is 59.2 Å². The van der Waals surface area contributed by atoms with Crippen LogP contribution >= 0.6 is 11.6 Å². The molecule has 0 saturated heterocycles. The van der Waals surface area contributed by atoms with Crippen molar-refractivity contribution < 1.29 is 22.4 Å². The van der Waals surface area contributed by atoms with E-state index in [1.165, 1.54) is 0 Å². The van der Waals surface area contributed by atoms with Gasteiger partial charge in [0.25, 0.3) is 0 Å². The van der Waals surface area contributed by atoms with E-state index in [0.29, 0.717) is 17.0 Å². The Morgan fingerprint density at radius 3 is 2.34 bits per heavy atom. The minimum Gasteiger partial charge on any atom is -0.444 e. The Balaban J connectivity index is 1.83. The van der Waals surface area contributed by atoms with Gasteiger partial charge in [0.1, 0.15) is 11.6 Å². The highest BCUT2D eigenvalue weighted by molar-refractivity contribution is 7.90. The minimum atomic E-state index is -3.90. The second-order valence-electron chi connectivity index (χ2n) is 8.18. The summed E-state index contributed by atoms with van der Waals surface area (Å²) >= 11 is 5.85. The van der Waals surface area contributed by atoms with Gasteiger partial charge < -0.3 is 14.5 Å². The van der Waals surface area contributed by atoms with Crippen molar-refractivity contribution in [2.45, 2.75) is 49.8 Å². The maximum atomic E-state index is 12.7. The standard InChI is InChI=1S/C22H24ClN3O5S/c1-22(2,3)31-20(27)24-18(13-15-7-5-4-6-8-15)19-25-26-21(30-19)32(28,29)14-16-9-11-17(23)12-10-16/h4-12,18H,13-14H2,1-3H3,(H,24,27)/t18-/m0/s1. The minimum absolute atomic E-state index is 0.0330. The normalized spacial score (nSPS) is 12.9. The van der Waals surface area contributed by atoms with Crippen LogP contribution in [0.3, 0.4) is 0 Å². The number of nitrogens with one attached hydrogen (secondary N) is 1. The third-order valence-corrected chi connectivity index (χ3v) is 5.89.